The molecule has 3 nitrogen and oxygen atoms in total. The molecule has 1 amide bonds. The number of carbonyl (C=O) groups excluding carboxylic acids is 1. The fourth-order valence-corrected chi connectivity index (χ4v) is 0.909. The van der Waals surface area contributed by atoms with Crippen LogP contribution in [0.1, 0.15) is 20.3 Å². The number of aliphatic hydroxyl groups is 1. The quantitative estimate of drug-likeness (QED) is 0.478. The molecule has 1 fully saturated rings. The highest BCUT2D eigenvalue weighted by atomic mass is 16.3. The highest BCUT2D eigenvalue weighted by Gasteiger charge is 2.37. The lowest BCUT2D eigenvalue weighted by atomic mass is 9.91. The Labute approximate surface area is 54.1 Å². The molecule has 2 N–H and O–H groups in total. The minimum Gasteiger partial charge on any atom is -0.373 e. The molecule has 0 bridgehead atoms. The number of amides is 1. The maximum atomic E-state index is 10.6. The number of nitrogens with one attached hydrogen (secondary N) is 1. The minimum absolute atomic E-state index is 0.0625. The summed E-state index contributed by atoms with van der Waals surface area (Å²) < 4.78 is 0. The first-order chi connectivity index (χ1) is 4.02. The number of carbonyl (C=O) groups is 1. The Kier molecular flexibility index (Phi) is 1.24. The lowest BCUT2D eigenvalue weighted by Gasteiger charge is -2.18. The van der Waals surface area contributed by atoms with Crippen LogP contribution in [0.5, 0.6) is 0 Å². The predicted molar refractivity (Wildman–Crippen MR) is 32.5 cm³/mol. The molecule has 1 heterocycles. The molecule has 1 aliphatic heterocycles. The molecule has 0 aliphatic carbocycles. The monoisotopic (exact) mass is 129 g/mol. The van der Waals surface area contributed by atoms with Gasteiger partial charge in [0.25, 0.3) is 0 Å². The van der Waals surface area contributed by atoms with Crippen molar-refractivity contribution >= 4 is 5.91 Å². The van der Waals surface area contributed by atoms with E-state index in [0.29, 0.717) is 6.42 Å². The molecule has 9 heavy (non-hydrogen) atoms. The van der Waals surface area contributed by atoms with Crippen LogP contribution in [0.3, 0.4) is 0 Å². The van der Waals surface area contributed by atoms with Crippen LogP contribution in [0.2, 0.25) is 0 Å². The van der Waals surface area contributed by atoms with Crippen molar-refractivity contribution in [2.24, 2.45) is 5.41 Å². The first kappa shape index (κ1) is 6.55. The summed E-state index contributed by atoms with van der Waals surface area (Å²) in [6, 6.07) is 0. The van der Waals surface area contributed by atoms with Crippen molar-refractivity contribution in [3.05, 3.63) is 0 Å². The Hall–Kier alpha value is -0.570. The molecule has 0 spiro atoms. The van der Waals surface area contributed by atoms with Gasteiger partial charge in [-0.05, 0) is 0 Å². The maximum absolute atomic E-state index is 10.6. The van der Waals surface area contributed by atoms with Gasteiger partial charge in [-0.15, -0.1) is 0 Å². The molecule has 1 saturated heterocycles. The van der Waals surface area contributed by atoms with Gasteiger partial charge in [0.15, 0.2) is 0 Å². The summed E-state index contributed by atoms with van der Waals surface area (Å²) in [5, 5.41) is 11.5. The molecule has 52 valence electrons. The molecule has 1 aliphatic rings. The highest BCUT2D eigenvalue weighted by Crippen LogP contribution is 2.28. The lowest BCUT2D eigenvalue weighted by Crippen LogP contribution is -2.32. The fraction of sp³-hybridized carbons (Fsp3) is 0.833. The Balaban J connectivity index is 2.69. The molecule has 0 aromatic heterocycles. The van der Waals surface area contributed by atoms with Crippen molar-refractivity contribution in [2.75, 3.05) is 0 Å². The van der Waals surface area contributed by atoms with Crippen LogP contribution < -0.4 is 5.32 Å². The summed E-state index contributed by atoms with van der Waals surface area (Å²) in [4.78, 5) is 10.6. The summed E-state index contributed by atoms with van der Waals surface area (Å²) in [5.74, 6) is -0.0625. The topological polar surface area (TPSA) is 49.3 Å². The first-order valence-corrected chi connectivity index (χ1v) is 3.00. The SMILES string of the molecule is CC1(C)CC(=O)NC1O. The smallest absolute Gasteiger partial charge is 0.222 e. The average Bonchev–Trinajstić information content (AvgIpc) is 1.79. The average molecular weight is 129 g/mol. The summed E-state index contributed by atoms with van der Waals surface area (Å²) >= 11 is 0. The van der Waals surface area contributed by atoms with E-state index in [-0.39, 0.29) is 11.3 Å². The summed E-state index contributed by atoms with van der Waals surface area (Å²) in [6.45, 7) is 3.71. The number of rotatable bonds is 0. The Morgan fingerprint density at radius 3 is 2.44 bits per heavy atom. The summed E-state index contributed by atoms with van der Waals surface area (Å²) in [7, 11) is 0. The molecule has 3 heteroatoms. The summed E-state index contributed by atoms with van der Waals surface area (Å²) in [5.41, 5.74) is -0.281. The van der Waals surface area contributed by atoms with Gasteiger partial charge in [-0.3, -0.25) is 4.79 Å². The molecular weight excluding hydrogens is 118 g/mol. The third kappa shape index (κ3) is 1.05. The van der Waals surface area contributed by atoms with Crippen LogP contribution in [-0.2, 0) is 4.79 Å². The van der Waals surface area contributed by atoms with Crippen molar-refractivity contribution in [3.63, 3.8) is 0 Å². The van der Waals surface area contributed by atoms with Gasteiger partial charge in [0.05, 0.1) is 0 Å². The number of hydrogen-bond acceptors (Lipinski definition) is 2. The van der Waals surface area contributed by atoms with Crippen molar-refractivity contribution in [2.45, 2.75) is 26.5 Å². The standard InChI is InChI=1S/C6H11NO2/c1-6(2)3-4(8)7-5(6)9/h5,9H,3H2,1-2H3,(H,7,8). The van der Waals surface area contributed by atoms with E-state index in [0.717, 1.165) is 0 Å². The van der Waals surface area contributed by atoms with E-state index in [1.165, 1.54) is 0 Å². The minimum atomic E-state index is -0.662. The lowest BCUT2D eigenvalue weighted by molar-refractivity contribution is -0.120. The molecule has 0 aromatic rings. The molecular formula is C6H11NO2. The highest BCUT2D eigenvalue weighted by molar-refractivity contribution is 5.79. The van der Waals surface area contributed by atoms with E-state index >= 15 is 0 Å². The largest absolute Gasteiger partial charge is 0.373 e. The second-order valence-electron chi connectivity index (χ2n) is 3.14. The predicted octanol–water partition coefficient (Wildman–Crippen LogP) is -0.149. The van der Waals surface area contributed by atoms with E-state index in [2.05, 4.69) is 5.32 Å². The van der Waals surface area contributed by atoms with Gasteiger partial charge in [-0.2, -0.15) is 0 Å². The second-order valence-corrected chi connectivity index (χ2v) is 3.14. The van der Waals surface area contributed by atoms with Crippen LogP contribution in [-0.4, -0.2) is 17.2 Å². The molecule has 1 atom stereocenters. The third-order valence-corrected chi connectivity index (χ3v) is 1.65. The Morgan fingerprint density at radius 2 is 2.33 bits per heavy atom. The number of aliphatic hydroxyl groups excluding tert-OH is 1. The van der Waals surface area contributed by atoms with Gasteiger partial charge in [-0.1, -0.05) is 13.8 Å². The van der Waals surface area contributed by atoms with Crippen LogP contribution >= 0.6 is 0 Å². The van der Waals surface area contributed by atoms with Gasteiger partial charge < -0.3 is 10.4 Å². The molecule has 0 aromatic carbocycles. The van der Waals surface area contributed by atoms with E-state index in [1.54, 1.807) is 0 Å². The van der Waals surface area contributed by atoms with E-state index in [1.807, 2.05) is 13.8 Å². The van der Waals surface area contributed by atoms with Gasteiger partial charge in [0.2, 0.25) is 5.91 Å². The van der Waals surface area contributed by atoms with Gasteiger partial charge in [0, 0.05) is 11.8 Å². The van der Waals surface area contributed by atoms with Crippen molar-refractivity contribution in [1.82, 2.24) is 5.32 Å². The van der Waals surface area contributed by atoms with Crippen LogP contribution in [0.25, 0.3) is 0 Å². The summed E-state index contributed by atoms with van der Waals surface area (Å²) in [6.07, 6.45) is -0.237. The molecule has 0 saturated carbocycles. The van der Waals surface area contributed by atoms with Crippen molar-refractivity contribution < 1.29 is 9.90 Å². The molecule has 1 rings (SSSR count). The van der Waals surface area contributed by atoms with Crippen LogP contribution in [0.4, 0.5) is 0 Å². The van der Waals surface area contributed by atoms with E-state index in [9.17, 15) is 4.79 Å². The Bertz CT molecular complexity index is 142. The van der Waals surface area contributed by atoms with Gasteiger partial charge in [-0.25, -0.2) is 0 Å². The van der Waals surface area contributed by atoms with E-state index < -0.39 is 6.23 Å². The number of hydrogen-bond donors (Lipinski definition) is 2. The fourth-order valence-electron chi connectivity index (χ4n) is 0.909. The zero-order chi connectivity index (χ0) is 7.07. The van der Waals surface area contributed by atoms with Gasteiger partial charge in [0.1, 0.15) is 6.23 Å². The Morgan fingerprint density at radius 1 is 1.78 bits per heavy atom. The molecule has 0 radical (unpaired) electrons. The normalized spacial score (nSPS) is 32.3. The first-order valence-electron chi connectivity index (χ1n) is 3.00. The van der Waals surface area contributed by atoms with Gasteiger partial charge >= 0.3 is 0 Å². The van der Waals surface area contributed by atoms with E-state index in [4.69, 9.17) is 5.11 Å². The van der Waals surface area contributed by atoms with Crippen molar-refractivity contribution in [3.8, 4) is 0 Å². The van der Waals surface area contributed by atoms with Crippen LogP contribution in [0.15, 0.2) is 0 Å². The second kappa shape index (κ2) is 1.70. The third-order valence-electron chi connectivity index (χ3n) is 1.65. The zero-order valence-electron chi connectivity index (χ0n) is 5.64. The maximum Gasteiger partial charge on any atom is 0.222 e. The zero-order valence-corrected chi connectivity index (χ0v) is 5.64. The van der Waals surface area contributed by atoms with Crippen molar-refractivity contribution in [1.29, 1.82) is 0 Å². The molecule has 1 unspecified atom stereocenters. The van der Waals surface area contributed by atoms with Crippen LogP contribution in [0, 0.1) is 5.41 Å².